The minimum atomic E-state index is -2.18. The van der Waals surface area contributed by atoms with E-state index in [0.29, 0.717) is 0 Å². The van der Waals surface area contributed by atoms with Crippen LogP contribution in [0.15, 0.2) is 82.5 Å². The molecule has 1 aliphatic heterocycles. The molecule has 0 N–H and O–H groups in total. The molecule has 1 saturated heterocycles. The number of rotatable bonds is 9. The molecule has 2 aromatic carbocycles. The normalized spacial score (nSPS) is 23.7. The zero-order chi connectivity index (χ0) is 28.4. The van der Waals surface area contributed by atoms with E-state index in [1.165, 1.54) is 19.2 Å². The van der Waals surface area contributed by atoms with Gasteiger partial charge < -0.3 is 13.9 Å². The van der Waals surface area contributed by atoms with Gasteiger partial charge in [0.05, 0.1) is 19.8 Å². The van der Waals surface area contributed by atoms with Crippen LogP contribution in [0.25, 0.3) is 0 Å². The predicted octanol–water partition coefficient (Wildman–Crippen LogP) is 5.29. The summed E-state index contributed by atoms with van der Waals surface area (Å²) in [5.74, 6) is 0. The Balaban J connectivity index is 1.66. The third kappa shape index (κ3) is 6.32. The molecule has 9 heteroatoms. The molecule has 0 aliphatic carbocycles. The third-order valence-electron chi connectivity index (χ3n) is 7.90. The highest BCUT2D eigenvalue weighted by Gasteiger charge is 2.57. The van der Waals surface area contributed by atoms with Crippen molar-refractivity contribution in [3.63, 3.8) is 0 Å². The van der Waals surface area contributed by atoms with Crippen molar-refractivity contribution in [3.8, 4) is 0 Å². The van der Waals surface area contributed by atoms with Gasteiger partial charge in [0.25, 0.3) is 5.56 Å². The number of hydrogen-bond donors (Lipinski definition) is 0. The molecule has 0 amide bonds. The fourth-order valence-electron chi connectivity index (χ4n) is 4.50. The summed E-state index contributed by atoms with van der Waals surface area (Å²) in [6, 6.07) is 20.0. The van der Waals surface area contributed by atoms with Gasteiger partial charge in [-0.2, -0.15) is 0 Å². The van der Waals surface area contributed by atoms with Crippen molar-refractivity contribution in [1.82, 2.24) is 9.13 Å². The highest BCUT2D eigenvalue weighted by atomic mass is 28.4. The maximum atomic E-state index is 16.7. The van der Waals surface area contributed by atoms with Crippen LogP contribution in [0.2, 0.25) is 18.1 Å². The van der Waals surface area contributed by atoms with E-state index in [0.717, 1.165) is 20.3 Å². The second-order valence-electron chi connectivity index (χ2n) is 11.9. The van der Waals surface area contributed by atoms with Gasteiger partial charge in [-0.05, 0) is 36.2 Å². The van der Waals surface area contributed by atoms with E-state index in [4.69, 9.17) is 13.9 Å². The molecule has 3 aromatic rings. The molecule has 7 nitrogen and oxygen atoms in total. The smallest absolute Gasteiger partial charge is 0.333 e. The Hall–Kier alpha value is -2.85. The standard InChI is InChI=1S/C30H39FN2O5Si/c1-29(2,3)39(5,6)37-21-24-26(36-20-23-15-11-8-12-16-23)30(4,31)27(38-24)32-18-17-25(34)33(28(32)35)19-22-13-9-7-10-14-22/h7-18,24,26-27H,19-21H2,1-6H3/t24-,26-,27-,30-/m1/s1. The Morgan fingerprint density at radius 1 is 0.974 bits per heavy atom. The predicted molar refractivity (Wildman–Crippen MR) is 152 cm³/mol. The lowest BCUT2D eigenvalue weighted by molar-refractivity contribution is -0.0659. The Kier molecular flexibility index (Phi) is 8.46. The number of nitrogens with zero attached hydrogens (tertiary/aromatic N) is 2. The van der Waals surface area contributed by atoms with Crippen LogP contribution in [0.5, 0.6) is 0 Å². The van der Waals surface area contributed by atoms with Gasteiger partial charge in [-0.15, -0.1) is 0 Å². The molecule has 0 saturated carbocycles. The summed E-state index contributed by atoms with van der Waals surface area (Å²) in [6.07, 6.45) is -1.76. The minimum Gasteiger partial charge on any atom is -0.414 e. The monoisotopic (exact) mass is 554 g/mol. The van der Waals surface area contributed by atoms with Crippen molar-refractivity contribution >= 4 is 8.32 Å². The highest BCUT2D eigenvalue weighted by molar-refractivity contribution is 6.74. The van der Waals surface area contributed by atoms with Crippen LogP contribution in [-0.2, 0) is 27.1 Å². The van der Waals surface area contributed by atoms with E-state index in [-0.39, 0.29) is 24.8 Å². The van der Waals surface area contributed by atoms with Gasteiger partial charge in [0.1, 0.15) is 12.2 Å². The average molecular weight is 555 g/mol. The van der Waals surface area contributed by atoms with Gasteiger partial charge in [-0.1, -0.05) is 81.4 Å². The summed E-state index contributed by atoms with van der Waals surface area (Å²) >= 11 is 0. The van der Waals surface area contributed by atoms with Crippen LogP contribution >= 0.6 is 0 Å². The molecule has 0 bridgehead atoms. The third-order valence-corrected chi connectivity index (χ3v) is 12.4. The lowest BCUT2D eigenvalue weighted by Gasteiger charge is -2.37. The molecule has 1 aromatic heterocycles. The fourth-order valence-corrected chi connectivity index (χ4v) is 5.51. The molecule has 1 fully saturated rings. The molecule has 0 radical (unpaired) electrons. The van der Waals surface area contributed by atoms with Crippen molar-refractivity contribution in [3.05, 3.63) is 105 Å². The van der Waals surface area contributed by atoms with E-state index in [1.807, 2.05) is 60.7 Å². The number of ether oxygens (including phenoxy) is 2. The molecule has 2 heterocycles. The van der Waals surface area contributed by atoms with E-state index >= 15 is 4.39 Å². The topological polar surface area (TPSA) is 71.7 Å². The molecule has 39 heavy (non-hydrogen) atoms. The lowest BCUT2D eigenvalue weighted by Crippen LogP contribution is -2.48. The number of benzene rings is 2. The molecule has 210 valence electrons. The summed E-state index contributed by atoms with van der Waals surface area (Å²) in [5, 5.41) is -0.0473. The van der Waals surface area contributed by atoms with Crippen LogP contribution in [0, 0.1) is 0 Å². The van der Waals surface area contributed by atoms with Crippen molar-refractivity contribution in [2.75, 3.05) is 6.61 Å². The van der Waals surface area contributed by atoms with Crippen molar-refractivity contribution in [2.24, 2.45) is 0 Å². The fraction of sp³-hybridized carbons (Fsp3) is 0.467. The van der Waals surface area contributed by atoms with Gasteiger partial charge >= 0.3 is 5.69 Å². The Bertz CT molecular complexity index is 1370. The van der Waals surface area contributed by atoms with Crippen LogP contribution in [-0.4, -0.2) is 41.9 Å². The van der Waals surface area contributed by atoms with Crippen LogP contribution in [0.4, 0.5) is 4.39 Å². The zero-order valence-corrected chi connectivity index (χ0v) is 24.6. The van der Waals surface area contributed by atoms with Crippen LogP contribution in [0.1, 0.15) is 45.0 Å². The summed E-state index contributed by atoms with van der Waals surface area (Å²) in [5.41, 5.74) is -1.51. The molecule has 0 spiro atoms. The van der Waals surface area contributed by atoms with E-state index in [2.05, 4.69) is 33.9 Å². The number of halogens is 1. The quantitative estimate of drug-likeness (QED) is 0.336. The van der Waals surface area contributed by atoms with E-state index in [9.17, 15) is 9.59 Å². The maximum absolute atomic E-state index is 16.7. The highest BCUT2D eigenvalue weighted by Crippen LogP contribution is 2.44. The van der Waals surface area contributed by atoms with Crippen molar-refractivity contribution < 1.29 is 18.3 Å². The van der Waals surface area contributed by atoms with Gasteiger partial charge in [-0.25, -0.2) is 9.18 Å². The summed E-state index contributed by atoms with van der Waals surface area (Å²) in [4.78, 5) is 26.2. The molecule has 4 rings (SSSR count). The molecular formula is C30H39FN2O5Si. The number of alkyl halides is 1. The summed E-state index contributed by atoms with van der Waals surface area (Å²) in [6.45, 7) is 12.4. The van der Waals surface area contributed by atoms with Gasteiger partial charge in [0.15, 0.2) is 20.2 Å². The largest absolute Gasteiger partial charge is 0.414 e. The SMILES string of the molecule is CC(C)(C)[Si](C)(C)OC[C@H]1O[C@@H](n2ccc(=O)n(Cc3ccccc3)c2=O)[C@](C)(F)[C@@H]1OCc1ccccc1. The minimum absolute atomic E-state index is 0.0473. The van der Waals surface area contributed by atoms with Gasteiger partial charge in [0, 0.05) is 12.3 Å². The molecular weight excluding hydrogens is 515 g/mol. The first-order valence-electron chi connectivity index (χ1n) is 13.3. The second kappa shape index (κ2) is 11.3. The summed E-state index contributed by atoms with van der Waals surface area (Å²) < 4.78 is 37.8. The zero-order valence-electron chi connectivity index (χ0n) is 23.6. The number of hydrogen-bond acceptors (Lipinski definition) is 5. The molecule has 4 atom stereocenters. The van der Waals surface area contributed by atoms with Gasteiger partial charge in [-0.3, -0.25) is 13.9 Å². The van der Waals surface area contributed by atoms with Crippen molar-refractivity contribution in [2.45, 2.75) is 83.1 Å². The summed E-state index contributed by atoms with van der Waals surface area (Å²) in [7, 11) is -2.18. The second-order valence-corrected chi connectivity index (χ2v) is 16.7. The first kappa shape index (κ1) is 29.1. The van der Waals surface area contributed by atoms with Crippen LogP contribution in [0.3, 0.4) is 0 Å². The molecule has 1 aliphatic rings. The first-order chi connectivity index (χ1) is 18.3. The average Bonchev–Trinajstić information content (AvgIpc) is 3.13. The first-order valence-corrected chi connectivity index (χ1v) is 16.2. The van der Waals surface area contributed by atoms with E-state index < -0.39 is 43.7 Å². The lowest BCUT2D eigenvalue weighted by atomic mass is 9.98. The number of aromatic nitrogens is 2. The van der Waals surface area contributed by atoms with Gasteiger partial charge in [0.2, 0.25) is 0 Å². The Labute approximate surface area is 230 Å². The maximum Gasteiger partial charge on any atom is 0.333 e. The van der Waals surface area contributed by atoms with Crippen molar-refractivity contribution in [1.29, 1.82) is 0 Å². The Morgan fingerprint density at radius 2 is 1.56 bits per heavy atom. The van der Waals surface area contributed by atoms with E-state index in [1.54, 1.807) is 0 Å². The Morgan fingerprint density at radius 3 is 2.15 bits per heavy atom. The molecule has 0 unspecified atom stereocenters. The van der Waals surface area contributed by atoms with Crippen LogP contribution < -0.4 is 11.2 Å².